The molecule has 0 spiro atoms. The molecule has 1 amide bonds. The van der Waals surface area contributed by atoms with E-state index < -0.39 is 9.84 Å². The first-order valence-electron chi connectivity index (χ1n) is 7.46. The van der Waals surface area contributed by atoms with E-state index in [1.165, 1.54) is 18.3 Å². The molecule has 2 aromatic rings. The van der Waals surface area contributed by atoms with Crippen LogP contribution in [0.4, 0.5) is 5.82 Å². The van der Waals surface area contributed by atoms with Gasteiger partial charge in [-0.1, -0.05) is 23.7 Å². The number of rotatable bonds is 7. The Morgan fingerprint density at radius 2 is 1.76 bits per heavy atom. The fourth-order valence-corrected chi connectivity index (χ4v) is 2.82. The molecule has 0 fully saturated rings. The van der Waals surface area contributed by atoms with Gasteiger partial charge in [-0.3, -0.25) is 9.59 Å². The molecule has 1 heterocycles. The molecule has 25 heavy (non-hydrogen) atoms. The van der Waals surface area contributed by atoms with Crippen molar-refractivity contribution in [2.75, 3.05) is 11.6 Å². The second-order valence-electron chi connectivity index (χ2n) is 5.54. The van der Waals surface area contributed by atoms with Crippen LogP contribution in [0.25, 0.3) is 0 Å². The van der Waals surface area contributed by atoms with Crippen molar-refractivity contribution in [1.29, 1.82) is 0 Å². The van der Waals surface area contributed by atoms with Gasteiger partial charge in [0.1, 0.15) is 11.6 Å². The van der Waals surface area contributed by atoms with Gasteiger partial charge in [0.2, 0.25) is 5.91 Å². The highest BCUT2D eigenvalue weighted by Gasteiger charge is 2.10. The average molecular weight is 381 g/mol. The van der Waals surface area contributed by atoms with Crippen LogP contribution in [0, 0.1) is 0 Å². The number of nitrogens with one attached hydrogen (secondary N) is 1. The number of anilines is 1. The summed E-state index contributed by atoms with van der Waals surface area (Å²) in [5, 5.41) is 3.05. The molecule has 0 aliphatic rings. The van der Waals surface area contributed by atoms with Crippen LogP contribution in [0.15, 0.2) is 47.5 Å². The van der Waals surface area contributed by atoms with Gasteiger partial charge in [-0.25, -0.2) is 13.4 Å². The number of nitrogens with zero attached hydrogens (tertiary/aromatic N) is 1. The van der Waals surface area contributed by atoms with Crippen LogP contribution in [0.5, 0.6) is 0 Å². The SMILES string of the molecule is CS(=O)(=O)c1ccc(CC(=O)CCC(=O)Nc2ccc(Cl)cn2)cc1. The second kappa shape index (κ2) is 8.22. The summed E-state index contributed by atoms with van der Waals surface area (Å²) in [5.74, 6) is -0.0415. The molecular formula is C17H17ClN2O4S. The predicted octanol–water partition coefficient (Wildman–Crippen LogP) is 2.67. The Bertz CT molecular complexity index is 863. The highest BCUT2D eigenvalue weighted by molar-refractivity contribution is 7.90. The zero-order valence-electron chi connectivity index (χ0n) is 13.5. The summed E-state index contributed by atoms with van der Waals surface area (Å²) in [6.07, 6.45) is 2.83. The second-order valence-corrected chi connectivity index (χ2v) is 7.99. The number of Topliss-reactive ketones (excluding diaryl/α,β-unsaturated/α-hetero) is 1. The average Bonchev–Trinajstić information content (AvgIpc) is 2.55. The van der Waals surface area contributed by atoms with Crippen molar-refractivity contribution in [3.8, 4) is 0 Å². The third-order valence-electron chi connectivity index (χ3n) is 3.38. The van der Waals surface area contributed by atoms with Crippen molar-refractivity contribution < 1.29 is 18.0 Å². The van der Waals surface area contributed by atoms with Gasteiger partial charge in [0.15, 0.2) is 9.84 Å². The number of sulfone groups is 1. The molecule has 0 saturated heterocycles. The smallest absolute Gasteiger partial charge is 0.225 e. The minimum absolute atomic E-state index is 0.0462. The first-order valence-corrected chi connectivity index (χ1v) is 9.73. The van der Waals surface area contributed by atoms with Crippen molar-refractivity contribution in [3.63, 3.8) is 0 Å². The lowest BCUT2D eigenvalue weighted by molar-refractivity contribution is -0.122. The van der Waals surface area contributed by atoms with E-state index in [0.717, 1.165) is 6.26 Å². The number of hydrogen-bond donors (Lipinski definition) is 1. The normalized spacial score (nSPS) is 11.1. The Hall–Kier alpha value is -2.25. The molecule has 2 rings (SSSR count). The van der Waals surface area contributed by atoms with Crippen LogP contribution in [0.1, 0.15) is 18.4 Å². The van der Waals surface area contributed by atoms with Gasteiger partial charge in [-0.05, 0) is 29.8 Å². The summed E-state index contributed by atoms with van der Waals surface area (Å²) in [5.41, 5.74) is 0.706. The van der Waals surface area contributed by atoms with Crippen molar-refractivity contribution in [2.24, 2.45) is 0 Å². The fourth-order valence-electron chi connectivity index (χ4n) is 2.08. The number of aromatic nitrogens is 1. The number of amides is 1. The third-order valence-corrected chi connectivity index (χ3v) is 4.73. The van der Waals surface area contributed by atoms with E-state index in [2.05, 4.69) is 10.3 Å². The number of ketones is 1. The third kappa shape index (κ3) is 6.28. The summed E-state index contributed by atoms with van der Waals surface area (Å²) in [7, 11) is -3.25. The van der Waals surface area contributed by atoms with Crippen LogP contribution in [0.3, 0.4) is 0 Å². The van der Waals surface area contributed by atoms with E-state index in [1.807, 2.05) is 0 Å². The van der Waals surface area contributed by atoms with Crippen molar-refractivity contribution in [2.45, 2.75) is 24.2 Å². The summed E-state index contributed by atoms with van der Waals surface area (Å²) >= 11 is 5.71. The van der Waals surface area contributed by atoms with Crippen LogP contribution >= 0.6 is 11.6 Å². The highest BCUT2D eigenvalue weighted by atomic mass is 35.5. The number of benzene rings is 1. The quantitative estimate of drug-likeness (QED) is 0.797. The van der Waals surface area contributed by atoms with E-state index in [9.17, 15) is 18.0 Å². The maximum Gasteiger partial charge on any atom is 0.225 e. The molecule has 132 valence electrons. The van der Waals surface area contributed by atoms with Crippen LogP contribution in [-0.2, 0) is 25.8 Å². The Morgan fingerprint density at radius 3 is 2.32 bits per heavy atom. The Morgan fingerprint density at radius 1 is 1.08 bits per heavy atom. The maximum absolute atomic E-state index is 12.0. The summed E-state index contributed by atoms with van der Waals surface area (Å²) in [6, 6.07) is 9.33. The van der Waals surface area contributed by atoms with E-state index in [-0.39, 0.29) is 35.8 Å². The molecule has 8 heteroatoms. The highest BCUT2D eigenvalue weighted by Crippen LogP contribution is 2.13. The summed E-state index contributed by atoms with van der Waals surface area (Å²) < 4.78 is 22.8. The van der Waals surface area contributed by atoms with Crippen LogP contribution in [0.2, 0.25) is 5.02 Å². The van der Waals surface area contributed by atoms with Crippen LogP contribution < -0.4 is 5.32 Å². The van der Waals surface area contributed by atoms with Gasteiger partial charge in [0, 0.05) is 31.7 Å². The molecule has 0 atom stereocenters. The maximum atomic E-state index is 12.0. The van der Waals surface area contributed by atoms with Gasteiger partial charge in [-0.2, -0.15) is 0 Å². The zero-order chi connectivity index (χ0) is 18.4. The molecule has 0 radical (unpaired) electrons. The lowest BCUT2D eigenvalue weighted by Crippen LogP contribution is -2.15. The van der Waals surface area contributed by atoms with Gasteiger partial charge < -0.3 is 5.32 Å². The van der Waals surface area contributed by atoms with E-state index in [0.29, 0.717) is 16.4 Å². The number of pyridine rings is 1. The Balaban J connectivity index is 1.82. The van der Waals surface area contributed by atoms with Gasteiger partial charge in [0.05, 0.1) is 9.92 Å². The first kappa shape index (κ1) is 19.1. The molecular weight excluding hydrogens is 364 g/mol. The van der Waals surface area contributed by atoms with E-state index >= 15 is 0 Å². The van der Waals surface area contributed by atoms with Gasteiger partial charge in [0.25, 0.3) is 0 Å². The monoisotopic (exact) mass is 380 g/mol. The lowest BCUT2D eigenvalue weighted by Gasteiger charge is -2.05. The number of carbonyl (C=O) groups is 2. The first-order chi connectivity index (χ1) is 11.7. The number of carbonyl (C=O) groups excluding carboxylic acids is 2. The number of halogens is 1. The topological polar surface area (TPSA) is 93.2 Å². The minimum Gasteiger partial charge on any atom is -0.311 e. The molecule has 0 aliphatic heterocycles. The molecule has 0 bridgehead atoms. The zero-order valence-corrected chi connectivity index (χ0v) is 15.1. The largest absolute Gasteiger partial charge is 0.311 e. The van der Waals surface area contributed by atoms with E-state index in [1.54, 1.807) is 24.3 Å². The van der Waals surface area contributed by atoms with Crippen LogP contribution in [-0.4, -0.2) is 31.3 Å². The van der Waals surface area contributed by atoms with Gasteiger partial charge in [-0.15, -0.1) is 0 Å². The predicted molar refractivity (Wildman–Crippen MR) is 95.4 cm³/mol. The van der Waals surface area contributed by atoms with Crippen molar-refractivity contribution in [1.82, 2.24) is 4.98 Å². The van der Waals surface area contributed by atoms with E-state index in [4.69, 9.17) is 11.6 Å². The molecule has 1 aromatic heterocycles. The lowest BCUT2D eigenvalue weighted by atomic mass is 10.1. The molecule has 0 unspecified atom stereocenters. The molecule has 6 nitrogen and oxygen atoms in total. The van der Waals surface area contributed by atoms with Gasteiger partial charge >= 0.3 is 0 Å². The Kier molecular flexibility index (Phi) is 6.27. The minimum atomic E-state index is -3.25. The summed E-state index contributed by atoms with van der Waals surface area (Å²) in [4.78, 5) is 27.9. The molecule has 1 N–H and O–H groups in total. The van der Waals surface area contributed by atoms with Crippen molar-refractivity contribution >= 4 is 38.9 Å². The molecule has 0 aliphatic carbocycles. The fraction of sp³-hybridized carbons (Fsp3) is 0.235. The summed E-state index contributed by atoms with van der Waals surface area (Å²) in [6.45, 7) is 0. The molecule has 1 aromatic carbocycles. The molecule has 0 saturated carbocycles. The number of hydrogen-bond acceptors (Lipinski definition) is 5. The standard InChI is InChI=1S/C17H17ClN2O4S/c1-25(23,24)15-6-2-12(3-7-15)10-14(21)5-9-17(22)20-16-8-4-13(18)11-19-16/h2-4,6-8,11H,5,9-10H2,1H3,(H,19,20,22). The Labute approximate surface area is 151 Å². The van der Waals surface area contributed by atoms with Crippen molar-refractivity contribution in [3.05, 3.63) is 53.2 Å².